The van der Waals surface area contributed by atoms with E-state index in [9.17, 15) is 14.4 Å². The maximum absolute atomic E-state index is 12.5. The Morgan fingerprint density at radius 3 is 2.61 bits per heavy atom. The second-order valence-electron chi connectivity index (χ2n) is 6.27. The topological polar surface area (TPSA) is 84.5 Å². The fourth-order valence-electron chi connectivity index (χ4n) is 4.19. The fourth-order valence-corrected chi connectivity index (χ4v) is 5.24. The minimum Gasteiger partial charge on any atom is -0.461 e. The number of alkyl halides is 1. The van der Waals surface area contributed by atoms with Crippen LogP contribution in [-0.4, -0.2) is 28.7 Å². The first-order valence-corrected chi connectivity index (χ1v) is 8.49. The minimum atomic E-state index is -0.452. The van der Waals surface area contributed by atoms with E-state index in [1.807, 2.05) is 6.07 Å². The van der Waals surface area contributed by atoms with Gasteiger partial charge >= 0.3 is 5.97 Å². The molecule has 2 aliphatic carbocycles. The van der Waals surface area contributed by atoms with Crippen molar-refractivity contribution in [3.8, 4) is 0 Å². The number of hydrogen-bond acceptors (Lipinski definition) is 4. The van der Waals surface area contributed by atoms with Gasteiger partial charge in [-0.25, -0.2) is 0 Å². The number of hydrazine groups is 1. The quantitative estimate of drug-likeness (QED) is 0.457. The predicted octanol–water partition coefficient (Wildman–Crippen LogP) is 1.02. The molecular formula is C16H15BrN2O4. The second-order valence-corrected chi connectivity index (χ2v) is 7.33. The van der Waals surface area contributed by atoms with E-state index in [2.05, 4.69) is 26.8 Å². The van der Waals surface area contributed by atoms with Gasteiger partial charge in [-0.2, -0.15) is 0 Å². The van der Waals surface area contributed by atoms with E-state index in [0.29, 0.717) is 5.56 Å². The highest BCUT2D eigenvalue weighted by molar-refractivity contribution is 9.09. The Labute approximate surface area is 141 Å². The van der Waals surface area contributed by atoms with Crippen LogP contribution in [0.15, 0.2) is 30.3 Å². The van der Waals surface area contributed by atoms with Crippen LogP contribution in [-0.2, 0) is 14.3 Å². The molecule has 4 rings (SSSR count). The van der Waals surface area contributed by atoms with Gasteiger partial charge in [0.25, 0.3) is 5.91 Å². The van der Waals surface area contributed by atoms with Gasteiger partial charge in [0.05, 0.1) is 16.7 Å². The highest BCUT2D eigenvalue weighted by Gasteiger charge is 2.67. The molecule has 0 spiro atoms. The molecule has 120 valence electrons. The molecule has 3 aliphatic rings. The van der Waals surface area contributed by atoms with E-state index in [4.69, 9.17) is 4.74 Å². The zero-order valence-electron chi connectivity index (χ0n) is 12.1. The first-order chi connectivity index (χ1) is 11.1. The van der Waals surface area contributed by atoms with Gasteiger partial charge in [-0.1, -0.05) is 34.1 Å². The molecule has 23 heavy (non-hydrogen) atoms. The summed E-state index contributed by atoms with van der Waals surface area (Å²) in [6.07, 6.45) is 0.697. The van der Waals surface area contributed by atoms with Gasteiger partial charge in [0, 0.05) is 11.5 Å². The molecule has 2 bridgehead atoms. The van der Waals surface area contributed by atoms with E-state index in [0.717, 1.165) is 6.42 Å². The van der Waals surface area contributed by atoms with Gasteiger partial charge in [-0.05, 0) is 24.5 Å². The molecule has 2 saturated carbocycles. The SMILES string of the molecule is O=C(NNC(=O)[C@@H]1[C@H]2C[C@H]3[C@H](OC(=O)[C@H]31)[C@@H]2Br)c1ccccc1. The van der Waals surface area contributed by atoms with Crippen LogP contribution in [0, 0.1) is 23.7 Å². The summed E-state index contributed by atoms with van der Waals surface area (Å²) in [6, 6.07) is 8.62. The lowest BCUT2D eigenvalue weighted by atomic mass is 9.79. The standard InChI is InChI=1S/C16H15BrN2O4/c17-12-8-6-9-11(16(22)23-13(9)12)10(8)15(21)19-18-14(20)7-4-2-1-3-5-7/h1-5,8-13H,6H2,(H,18,20)(H,19,21)/t8-,9-,10-,11-,12-,13+/m1/s1. The van der Waals surface area contributed by atoms with Crippen molar-refractivity contribution in [2.24, 2.45) is 23.7 Å². The summed E-state index contributed by atoms with van der Waals surface area (Å²) in [6.45, 7) is 0. The number of hydrogen-bond donors (Lipinski definition) is 2. The largest absolute Gasteiger partial charge is 0.461 e. The Morgan fingerprint density at radius 1 is 1.13 bits per heavy atom. The number of carbonyl (C=O) groups excluding carboxylic acids is 3. The summed E-state index contributed by atoms with van der Waals surface area (Å²) in [5, 5.41) is 0. The number of rotatable bonds is 2. The van der Waals surface area contributed by atoms with Gasteiger partial charge in [0.15, 0.2) is 0 Å². The molecule has 2 amide bonds. The summed E-state index contributed by atoms with van der Waals surface area (Å²) in [5.74, 6) is -1.66. The van der Waals surface area contributed by atoms with Crippen LogP contribution in [0.1, 0.15) is 16.8 Å². The molecule has 6 atom stereocenters. The van der Waals surface area contributed by atoms with Crippen LogP contribution in [0.25, 0.3) is 0 Å². The second kappa shape index (κ2) is 5.33. The highest BCUT2D eigenvalue weighted by atomic mass is 79.9. The van der Waals surface area contributed by atoms with Crippen molar-refractivity contribution < 1.29 is 19.1 Å². The van der Waals surface area contributed by atoms with Gasteiger partial charge < -0.3 is 4.74 Å². The van der Waals surface area contributed by atoms with Crippen molar-refractivity contribution >= 4 is 33.7 Å². The van der Waals surface area contributed by atoms with Crippen molar-refractivity contribution in [1.29, 1.82) is 0 Å². The van der Waals surface area contributed by atoms with Crippen LogP contribution in [0.4, 0.5) is 0 Å². The minimum absolute atomic E-state index is 0.00998. The fraction of sp³-hybridized carbons (Fsp3) is 0.438. The number of benzene rings is 1. The van der Waals surface area contributed by atoms with Crippen molar-refractivity contribution in [2.45, 2.75) is 17.4 Å². The molecule has 2 N–H and O–H groups in total. The van der Waals surface area contributed by atoms with Crippen LogP contribution >= 0.6 is 15.9 Å². The zero-order valence-corrected chi connectivity index (χ0v) is 13.7. The first kappa shape index (κ1) is 14.7. The first-order valence-electron chi connectivity index (χ1n) is 7.57. The normalized spacial score (nSPS) is 36.7. The molecule has 0 unspecified atom stereocenters. The summed E-state index contributed by atoms with van der Waals surface area (Å²) >= 11 is 3.56. The molecule has 0 radical (unpaired) electrons. The Hall–Kier alpha value is -1.89. The molecule has 0 aromatic heterocycles. The zero-order chi connectivity index (χ0) is 16.1. The number of fused-ring (bicyclic) bond motifs is 1. The van der Waals surface area contributed by atoms with E-state index in [-0.39, 0.29) is 46.5 Å². The number of ether oxygens (including phenoxy) is 1. The van der Waals surface area contributed by atoms with Gasteiger partial charge in [0.1, 0.15) is 6.10 Å². The lowest BCUT2D eigenvalue weighted by Gasteiger charge is -2.27. The van der Waals surface area contributed by atoms with Crippen LogP contribution in [0.5, 0.6) is 0 Å². The Balaban J connectivity index is 1.44. The van der Waals surface area contributed by atoms with Crippen LogP contribution < -0.4 is 10.9 Å². The van der Waals surface area contributed by atoms with Crippen LogP contribution in [0.3, 0.4) is 0 Å². The number of halogens is 1. The number of nitrogens with one attached hydrogen (secondary N) is 2. The third kappa shape index (κ3) is 2.17. The summed E-state index contributed by atoms with van der Waals surface area (Å²) in [7, 11) is 0. The maximum atomic E-state index is 12.5. The smallest absolute Gasteiger partial charge is 0.310 e. The average molecular weight is 379 g/mol. The monoisotopic (exact) mass is 378 g/mol. The van der Waals surface area contributed by atoms with E-state index >= 15 is 0 Å². The summed E-state index contributed by atoms with van der Waals surface area (Å²) < 4.78 is 5.37. The van der Waals surface area contributed by atoms with Crippen molar-refractivity contribution in [3.63, 3.8) is 0 Å². The Bertz CT molecular complexity index is 680. The number of amides is 2. The molecular weight excluding hydrogens is 364 g/mol. The molecule has 1 aromatic carbocycles. The molecule has 1 aromatic rings. The van der Waals surface area contributed by atoms with E-state index in [1.165, 1.54) is 0 Å². The number of carbonyl (C=O) groups is 3. The lowest BCUT2D eigenvalue weighted by molar-refractivity contribution is -0.146. The third-order valence-electron chi connectivity index (χ3n) is 5.16. The molecule has 1 aliphatic heterocycles. The van der Waals surface area contributed by atoms with Gasteiger partial charge in [0.2, 0.25) is 5.91 Å². The van der Waals surface area contributed by atoms with Crippen molar-refractivity contribution in [1.82, 2.24) is 10.9 Å². The highest BCUT2D eigenvalue weighted by Crippen LogP contribution is 2.59. The molecule has 7 heteroatoms. The maximum Gasteiger partial charge on any atom is 0.310 e. The molecule has 3 fully saturated rings. The predicted molar refractivity (Wildman–Crippen MR) is 83.2 cm³/mol. The summed E-state index contributed by atoms with van der Waals surface area (Å²) in [4.78, 5) is 36.5. The van der Waals surface area contributed by atoms with Crippen LogP contribution in [0.2, 0.25) is 0 Å². The molecule has 1 saturated heterocycles. The average Bonchev–Trinajstić information content (AvgIpc) is 3.17. The van der Waals surface area contributed by atoms with Gasteiger partial charge in [-0.15, -0.1) is 0 Å². The van der Waals surface area contributed by atoms with Gasteiger partial charge in [-0.3, -0.25) is 25.2 Å². The Kier molecular flexibility index (Phi) is 3.41. The van der Waals surface area contributed by atoms with Crippen molar-refractivity contribution in [2.75, 3.05) is 0 Å². The summed E-state index contributed by atoms with van der Waals surface area (Å²) in [5.41, 5.74) is 5.34. The molecule has 6 nitrogen and oxygen atoms in total. The van der Waals surface area contributed by atoms with E-state index in [1.54, 1.807) is 24.3 Å². The lowest BCUT2D eigenvalue weighted by Crippen LogP contribution is -2.49. The van der Waals surface area contributed by atoms with E-state index < -0.39 is 5.92 Å². The number of esters is 1. The van der Waals surface area contributed by atoms with Crippen molar-refractivity contribution in [3.05, 3.63) is 35.9 Å². The third-order valence-corrected chi connectivity index (χ3v) is 6.36. The Morgan fingerprint density at radius 2 is 1.87 bits per heavy atom. The molecule has 1 heterocycles.